The highest BCUT2D eigenvalue weighted by Crippen LogP contribution is 2.32. The second-order valence-corrected chi connectivity index (χ2v) is 8.01. The van der Waals surface area contributed by atoms with Crippen molar-refractivity contribution in [1.82, 2.24) is 0 Å². The van der Waals surface area contributed by atoms with Crippen LogP contribution in [0, 0.1) is 19.8 Å². The minimum atomic E-state index is -0.573. The summed E-state index contributed by atoms with van der Waals surface area (Å²) < 4.78 is 5.25. The lowest BCUT2D eigenvalue weighted by Crippen LogP contribution is -2.29. The minimum Gasteiger partial charge on any atom is -0.455 e. The third-order valence-electron chi connectivity index (χ3n) is 5.71. The van der Waals surface area contributed by atoms with Gasteiger partial charge in [-0.2, -0.15) is 0 Å². The zero-order valence-corrected chi connectivity index (χ0v) is 18.7. The molecule has 0 aliphatic carbocycles. The maximum absolute atomic E-state index is 12.7. The molecule has 2 amide bonds. The molecule has 1 aliphatic heterocycles. The van der Waals surface area contributed by atoms with E-state index in [2.05, 4.69) is 19.2 Å². The summed E-state index contributed by atoms with van der Waals surface area (Å²) in [6.45, 7) is 7.86. The van der Waals surface area contributed by atoms with Crippen LogP contribution < -0.4 is 10.2 Å². The first-order valence-electron chi connectivity index (χ1n) is 10.8. The van der Waals surface area contributed by atoms with Gasteiger partial charge in [-0.05, 0) is 55.0 Å². The van der Waals surface area contributed by atoms with Crippen LogP contribution in [0.2, 0.25) is 0 Å². The van der Waals surface area contributed by atoms with Crippen LogP contribution in [0.5, 0.6) is 0 Å². The number of nitrogens with one attached hydrogen (secondary N) is 1. The van der Waals surface area contributed by atoms with Crippen LogP contribution in [-0.4, -0.2) is 30.9 Å². The van der Waals surface area contributed by atoms with Gasteiger partial charge in [0.2, 0.25) is 5.91 Å². The molecule has 2 aromatic carbocycles. The highest BCUT2D eigenvalue weighted by Gasteiger charge is 2.37. The lowest BCUT2D eigenvalue weighted by Gasteiger charge is -2.23. The van der Waals surface area contributed by atoms with E-state index < -0.39 is 17.8 Å². The number of esters is 1. The Balaban J connectivity index is 1.62. The summed E-state index contributed by atoms with van der Waals surface area (Å²) in [6.07, 6.45) is 1.71. The number of carbonyl (C=O) groups excluding carboxylic acids is 3. The van der Waals surface area contributed by atoms with Gasteiger partial charge in [0.1, 0.15) is 0 Å². The monoisotopic (exact) mass is 422 g/mol. The summed E-state index contributed by atoms with van der Waals surface area (Å²) in [7, 11) is 0. The molecule has 0 unspecified atom stereocenters. The number of para-hydroxylation sites is 1. The van der Waals surface area contributed by atoms with E-state index in [4.69, 9.17) is 4.74 Å². The van der Waals surface area contributed by atoms with Crippen LogP contribution in [0.25, 0.3) is 0 Å². The SMILES string of the molecule is CCc1cccc(CC)c1N1C[C@@H](C(=O)OCC(=O)Nc2cc(C)ccc2C)CC1=O. The molecule has 2 aromatic rings. The summed E-state index contributed by atoms with van der Waals surface area (Å²) in [5.74, 6) is -1.57. The van der Waals surface area contributed by atoms with E-state index in [0.717, 1.165) is 40.8 Å². The van der Waals surface area contributed by atoms with Crippen molar-refractivity contribution in [1.29, 1.82) is 0 Å². The Kier molecular flexibility index (Phi) is 7.10. The molecule has 1 N–H and O–H groups in total. The number of nitrogens with zero attached hydrogens (tertiary/aromatic N) is 1. The van der Waals surface area contributed by atoms with Gasteiger partial charge in [0.15, 0.2) is 6.61 Å². The smallest absolute Gasteiger partial charge is 0.311 e. The fourth-order valence-electron chi connectivity index (χ4n) is 3.95. The first kappa shape index (κ1) is 22.5. The molecule has 3 rings (SSSR count). The first-order chi connectivity index (χ1) is 14.8. The van der Waals surface area contributed by atoms with Gasteiger partial charge in [0.25, 0.3) is 5.91 Å². The lowest BCUT2D eigenvalue weighted by atomic mass is 10.0. The highest BCUT2D eigenvalue weighted by molar-refractivity contribution is 6.01. The van der Waals surface area contributed by atoms with Gasteiger partial charge in [0, 0.05) is 24.3 Å². The number of carbonyl (C=O) groups is 3. The number of anilines is 2. The molecule has 0 spiro atoms. The van der Waals surface area contributed by atoms with Gasteiger partial charge in [-0.3, -0.25) is 14.4 Å². The molecule has 0 bridgehead atoms. The molecule has 1 fully saturated rings. The van der Waals surface area contributed by atoms with Crippen LogP contribution in [-0.2, 0) is 32.0 Å². The first-order valence-corrected chi connectivity index (χ1v) is 10.8. The number of ether oxygens (including phenoxy) is 1. The second kappa shape index (κ2) is 9.77. The van der Waals surface area contributed by atoms with Crippen LogP contribution in [0.15, 0.2) is 36.4 Å². The van der Waals surface area contributed by atoms with Crippen molar-refractivity contribution in [3.63, 3.8) is 0 Å². The average molecular weight is 423 g/mol. The van der Waals surface area contributed by atoms with Crippen molar-refractivity contribution in [2.75, 3.05) is 23.4 Å². The topological polar surface area (TPSA) is 75.7 Å². The second-order valence-electron chi connectivity index (χ2n) is 8.01. The summed E-state index contributed by atoms with van der Waals surface area (Å²) in [4.78, 5) is 39.2. The molecular weight excluding hydrogens is 392 g/mol. The molecule has 1 aliphatic rings. The Morgan fingerprint density at radius 1 is 1.10 bits per heavy atom. The van der Waals surface area contributed by atoms with Gasteiger partial charge in [-0.15, -0.1) is 0 Å². The molecule has 164 valence electrons. The van der Waals surface area contributed by atoms with Crippen molar-refractivity contribution in [3.05, 3.63) is 58.7 Å². The van der Waals surface area contributed by atoms with E-state index in [9.17, 15) is 14.4 Å². The standard InChI is InChI=1S/C25H30N2O4/c1-5-18-8-7-9-19(6-2)24(18)27-14-20(13-23(27)29)25(30)31-15-22(28)26-21-12-16(3)10-11-17(21)4/h7-12,20H,5-6,13-15H2,1-4H3,(H,26,28)/t20-/m0/s1. The number of rotatable bonds is 7. The van der Waals surface area contributed by atoms with E-state index >= 15 is 0 Å². The highest BCUT2D eigenvalue weighted by atomic mass is 16.5. The van der Waals surface area contributed by atoms with Crippen molar-refractivity contribution in [3.8, 4) is 0 Å². The van der Waals surface area contributed by atoms with E-state index in [1.165, 1.54) is 0 Å². The molecule has 31 heavy (non-hydrogen) atoms. The van der Waals surface area contributed by atoms with Crippen LogP contribution >= 0.6 is 0 Å². The van der Waals surface area contributed by atoms with Gasteiger partial charge in [-0.25, -0.2) is 0 Å². The molecule has 1 heterocycles. The van der Waals surface area contributed by atoms with E-state index in [0.29, 0.717) is 5.69 Å². The number of amides is 2. The van der Waals surface area contributed by atoms with Crippen molar-refractivity contribution in [2.24, 2.45) is 5.92 Å². The third-order valence-corrected chi connectivity index (χ3v) is 5.71. The van der Waals surface area contributed by atoms with Crippen molar-refractivity contribution < 1.29 is 19.1 Å². The van der Waals surface area contributed by atoms with Crippen molar-refractivity contribution >= 4 is 29.2 Å². The number of benzene rings is 2. The summed E-state index contributed by atoms with van der Waals surface area (Å²) >= 11 is 0. The van der Waals surface area contributed by atoms with Gasteiger partial charge < -0.3 is 15.0 Å². The van der Waals surface area contributed by atoms with Crippen LogP contribution in [0.1, 0.15) is 42.5 Å². The quantitative estimate of drug-likeness (QED) is 0.685. The molecule has 1 saturated heterocycles. The van der Waals surface area contributed by atoms with Crippen LogP contribution in [0.3, 0.4) is 0 Å². The van der Waals surface area contributed by atoms with Crippen LogP contribution in [0.4, 0.5) is 11.4 Å². The number of aryl methyl sites for hydroxylation is 4. The summed E-state index contributed by atoms with van der Waals surface area (Å²) in [5.41, 5.74) is 5.76. The van der Waals surface area contributed by atoms with E-state index in [1.807, 2.05) is 50.2 Å². The molecule has 0 aromatic heterocycles. The Labute approximate surface area is 183 Å². The van der Waals surface area contributed by atoms with E-state index in [-0.39, 0.29) is 25.5 Å². The normalized spacial score (nSPS) is 15.8. The van der Waals surface area contributed by atoms with Gasteiger partial charge in [-0.1, -0.05) is 44.2 Å². The van der Waals surface area contributed by atoms with E-state index in [1.54, 1.807) is 4.90 Å². The molecule has 6 heteroatoms. The lowest BCUT2D eigenvalue weighted by molar-refractivity contribution is -0.151. The Morgan fingerprint density at radius 2 is 1.77 bits per heavy atom. The Morgan fingerprint density at radius 3 is 2.42 bits per heavy atom. The largest absolute Gasteiger partial charge is 0.455 e. The summed E-state index contributed by atoms with van der Waals surface area (Å²) in [6, 6.07) is 11.8. The Hall–Kier alpha value is -3.15. The predicted octanol–water partition coefficient (Wildman–Crippen LogP) is 3.96. The van der Waals surface area contributed by atoms with Gasteiger partial charge in [0.05, 0.1) is 5.92 Å². The maximum atomic E-state index is 12.7. The molecule has 1 atom stereocenters. The number of hydrogen-bond donors (Lipinski definition) is 1. The summed E-state index contributed by atoms with van der Waals surface area (Å²) in [5, 5.41) is 2.78. The fourth-order valence-corrected chi connectivity index (χ4v) is 3.95. The zero-order valence-electron chi connectivity index (χ0n) is 18.7. The minimum absolute atomic E-state index is 0.0858. The maximum Gasteiger partial charge on any atom is 0.311 e. The number of hydrogen-bond acceptors (Lipinski definition) is 4. The fraction of sp³-hybridized carbons (Fsp3) is 0.400. The van der Waals surface area contributed by atoms with Crippen molar-refractivity contribution in [2.45, 2.75) is 47.0 Å². The van der Waals surface area contributed by atoms with Gasteiger partial charge >= 0.3 is 5.97 Å². The molecule has 0 radical (unpaired) electrons. The molecule has 6 nitrogen and oxygen atoms in total. The molecular formula is C25H30N2O4. The third kappa shape index (κ3) is 5.13. The molecule has 0 saturated carbocycles. The Bertz CT molecular complexity index is 977. The predicted molar refractivity (Wildman–Crippen MR) is 121 cm³/mol. The average Bonchev–Trinajstić information content (AvgIpc) is 3.15. The zero-order chi connectivity index (χ0) is 22.5.